The highest BCUT2D eigenvalue weighted by molar-refractivity contribution is 6.60. The Morgan fingerprint density at radius 1 is 0.547 bits per heavy atom. The molecule has 0 fully saturated rings. The summed E-state index contributed by atoms with van der Waals surface area (Å²) in [5, 5.41) is 2.03. The summed E-state index contributed by atoms with van der Waals surface area (Å²) < 4.78 is 304. The molecule has 0 aliphatic rings. The largest absolute Gasteiger partial charge is 0.500 e. The smallest absolute Gasteiger partial charge is 0.450 e. The quantitative estimate of drug-likeness (QED) is 0.0481. The Hall–Kier alpha value is -2.36. The molecule has 0 aliphatic carbocycles. The van der Waals surface area contributed by atoms with Crippen LogP contribution < -0.4 is 5.32 Å². The van der Waals surface area contributed by atoms with Crippen LogP contribution in [0, 0.1) is 0 Å². The highest BCUT2D eigenvalue weighted by atomic mass is 28.4. The van der Waals surface area contributed by atoms with Crippen LogP contribution in [0.5, 0.6) is 0 Å². The number of amides is 1. The fourth-order valence-corrected chi connectivity index (χ4v) is 6.42. The van der Waals surface area contributed by atoms with Gasteiger partial charge in [0, 0.05) is 38.8 Å². The normalized spacial score (nSPS) is 15.3. The maximum atomic E-state index is 14.1. The van der Waals surface area contributed by atoms with Crippen LogP contribution in [0.4, 0.5) is 97.0 Å². The monoisotopic (exact) mass is 851 g/mol. The molecule has 0 aliphatic heterocycles. The summed E-state index contributed by atoms with van der Waals surface area (Å²) in [6.07, 6.45) is -18.7. The van der Waals surface area contributed by atoms with Gasteiger partial charge in [0.05, 0.1) is 6.61 Å². The third-order valence-electron chi connectivity index (χ3n) is 6.62. The van der Waals surface area contributed by atoms with Crippen LogP contribution in [-0.2, 0) is 18.0 Å². The number of allylic oxidation sites excluding steroid dienone is 2. The van der Waals surface area contributed by atoms with Crippen LogP contribution >= 0.6 is 0 Å². The van der Waals surface area contributed by atoms with Crippen LogP contribution in [0.2, 0.25) is 6.04 Å². The SMILES string of the molecule is CCO[Si](CCCNC(=O)OCCCC(F)(F)C(F)(F)C(F)(F)C(F)(F)C(F)(F)C(F)(F)C=CC(F)(F)C(F)(F)C(F)(F)C(F)(F)F)(OCC)OCC. The number of rotatable bonds is 23. The van der Waals surface area contributed by atoms with Gasteiger partial charge in [-0.05, 0) is 45.8 Å². The van der Waals surface area contributed by atoms with E-state index in [9.17, 15) is 97.0 Å². The molecule has 0 aromatic heterocycles. The minimum absolute atomic E-state index is 0.0806. The molecule has 6 nitrogen and oxygen atoms in total. The van der Waals surface area contributed by atoms with Crippen molar-refractivity contribution in [2.24, 2.45) is 0 Å². The van der Waals surface area contributed by atoms with Crippen molar-refractivity contribution in [3.63, 3.8) is 0 Å². The Morgan fingerprint density at radius 3 is 1.30 bits per heavy atom. The summed E-state index contributed by atoms with van der Waals surface area (Å²) in [4.78, 5) is 11.7. The second-order valence-electron chi connectivity index (χ2n) is 10.5. The van der Waals surface area contributed by atoms with E-state index in [0.29, 0.717) is 0 Å². The summed E-state index contributed by atoms with van der Waals surface area (Å²) in [7, 11) is -3.19. The lowest BCUT2D eigenvalue weighted by atomic mass is 9.89. The molecule has 0 saturated carbocycles. The standard InChI is InChI=1S/C25H30F21NO5Si/c1-4-50-53(51-5-2,52-6-3)14-8-12-47-15(48)49-13-7-9-16(26,27)19(32,33)22(38,39)23(40,41)20(34,35)17(28,29)10-11-18(30,31)21(36,37)24(42,43)25(44,45)46/h10-11H,4-9,12-14H2,1-3H3,(H,47,48). The van der Waals surface area contributed by atoms with Crippen molar-refractivity contribution in [2.75, 3.05) is 33.0 Å². The maximum Gasteiger partial charge on any atom is 0.500 e. The van der Waals surface area contributed by atoms with Gasteiger partial charge in [-0.2, -0.15) is 92.2 Å². The van der Waals surface area contributed by atoms with E-state index in [4.69, 9.17) is 13.3 Å². The Balaban J connectivity index is 5.82. The van der Waals surface area contributed by atoms with Crippen LogP contribution in [0.3, 0.4) is 0 Å². The van der Waals surface area contributed by atoms with E-state index in [1.54, 1.807) is 20.8 Å². The van der Waals surface area contributed by atoms with Crippen LogP contribution in [0.1, 0.15) is 40.0 Å². The van der Waals surface area contributed by atoms with Crippen molar-refractivity contribution in [3.8, 4) is 0 Å². The molecular weight excluding hydrogens is 821 g/mol. The van der Waals surface area contributed by atoms with Crippen molar-refractivity contribution < 1.29 is 115 Å². The lowest BCUT2D eigenvalue weighted by Crippen LogP contribution is -2.70. The molecular formula is C25H30F21NO5Si. The van der Waals surface area contributed by atoms with Gasteiger partial charge in [-0.1, -0.05) is 0 Å². The van der Waals surface area contributed by atoms with Crippen LogP contribution in [-0.4, -0.2) is 107 Å². The molecule has 0 bridgehead atoms. The van der Waals surface area contributed by atoms with Gasteiger partial charge in [-0.3, -0.25) is 0 Å². The minimum Gasteiger partial charge on any atom is -0.450 e. The summed E-state index contributed by atoms with van der Waals surface area (Å²) in [5.74, 6) is -70.0. The highest BCUT2D eigenvalue weighted by Gasteiger charge is 2.89. The van der Waals surface area contributed by atoms with Gasteiger partial charge in [0.15, 0.2) is 0 Å². The fourth-order valence-electron chi connectivity index (χ4n) is 3.80. The Morgan fingerprint density at radius 2 is 0.925 bits per heavy atom. The van der Waals surface area contributed by atoms with E-state index in [1.807, 2.05) is 5.32 Å². The number of alkyl halides is 21. The Bertz CT molecular complexity index is 1200. The molecule has 0 aromatic carbocycles. The van der Waals surface area contributed by atoms with E-state index in [0.717, 1.165) is 0 Å². The van der Waals surface area contributed by atoms with Gasteiger partial charge in [0.1, 0.15) is 0 Å². The molecule has 0 saturated heterocycles. The van der Waals surface area contributed by atoms with Crippen LogP contribution in [0.25, 0.3) is 0 Å². The van der Waals surface area contributed by atoms with Crippen molar-refractivity contribution in [1.82, 2.24) is 5.32 Å². The number of hydrogen-bond acceptors (Lipinski definition) is 5. The summed E-state index contributed by atoms with van der Waals surface area (Å²) >= 11 is 0. The Labute approximate surface area is 286 Å². The first-order valence-corrected chi connectivity index (χ1v) is 16.4. The number of halogens is 21. The predicted octanol–water partition coefficient (Wildman–Crippen LogP) is 9.77. The molecule has 0 rings (SSSR count). The van der Waals surface area contributed by atoms with E-state index in [2.05, 4.69) is 4.74 Å². The van der Waals surface area contributed by atoms with Gasteiger partial charge >= 0.3 is 74.4 Å². The van der Waals surface area contributed by atoms with Crippen LogP contribution in [0.15, 0.2) is 12.2 Å². The first-order valence-electron chi connectivity index (χ1n) is 14.5. The first kappa shape index (κ1) is 50.6. The topological polar surface area (TPSA) is 66.0 Å². The van der Waals surface area contributed by atoms with Crippen molar-refractivity contribution >= 4 is 14.9 Å². The molecule has 1 N–H and O–H groups in total. The number of ether oxygens (including phenoxy) is 1. The number of nitrogens with one attached hydrogen (secondary N) is 1. The fraction of sp³-hybridized carbons (Fsp3) is 0.880. The van der Waals surface area contributed by atoms with Gasteiger partial charge in [-0.25, -0.2) is 4.79 Å². The van der Waals surface area contributed by atoms with Gasteiger partial charge < -0.3 is 23.3 Å². The lowest BCUT2D eigenvalue weighted by Gasteiger charge is -2.41. The minimum atomic E-state index is -8.46. The lowest BCUT2D eigenvalue weighted by molar-refractivity contribution is -0.420. The van der Waals surface area contributed by atoms with E-state index < -0.39 is 106 Å². The summed E-state index contributed by atoms with van der Waals surface area (Å²) in [5.41, 5.74) is 0. The van der Waals surface area contributed by atoms with Gasteiger partial charge in [-0.15, -0.1) is 0 Å². The summed E-state index contributed by atoms with van der Waals surface area (Å²) in [6, 6.07) is 0.119. The zero-order valence-electron chi connectivity index (χ0n) is 27.0. The maximum absolute atomic E-state index is 14.1. The molecule has 0 radical (unpaired) electrons. The molecule has 0 spiro atoms. The second-order valence-corrected chi connectivity index (χ2v) is 13.2. The number of alkyl carbamates (subject to hydrolysis) is 1. The molecule has 1 amide bonds. The van der Waals surface area contributed by atoms with Gasteiger partial charge in [0.25, 0.3) is 0 Å². The van der Waals surface area contributed by atoms with E-state index in [1.165, 1.54) is 0 Å². The van der Waals surface area contributed by atoms with Gasteiger partial charge in [0.2, 0.25) is 0 Å². The zero-order chi connectivity index (χ0) is 42.4. The molecule has 0 atom stereocenters. The molecule has 53 heavy (non-hydrogen) atoms. The second kappa shape index (κ2) is 17.2. The number of carbonyl (C=O) groups excluding carboxylic acids is 1. The zero-order valence-corrected chi connectivity index (χ0v) is 28.0. The average Bonchev–Trinajstić information content (AvgIpc) is 2.99. The van der Waals surface area contributed by atoms with E-state index in [-0.39, 0.29) is 38.8 Å². The molecule has 0 unspecified atom stereocenters. The number of hydrogen-bond donors (Lipinski definition) is 1. The highest BCUT2D eigenvalue weighted by Crippen LogP contribution is 2.61. The molecule has 0 heterocycles. The van der Waals surface area contributed by atoms with Crippen molar-refractivity contribution in [3.05, 3.63) is 12.2 Å². The van der Waals surface area contributed by atoms with E-state index >= 15 is 0 Å². The average molecular weight is 852 g/mol. The third-order valence-corrected chi connectivity index (χ3v) is 9.77. The molecule has 0 aromatic rings. The predicted molar refractivity (Wildman–Crippen MR) is 138 cm³/mol. The Kier molecular flexibility index (Phi) is 16.4. The summed E-state index contributed by atoms with van der Waals surface area (Å²) in [6.45, 7) is 3.78. The third kappa shape index (κ3) is 10.3. The first-order chi connectivity index (χ1) is 23.5. The van der Waals surface area contributed by atoms with Crippen molar-refractivity contribution in [1.29, 1.82) is 0 Å². The molecule has 28 heteroatoms. The number of carbonyl (C=O) groups is 1. The molecule has 316 valence electrons. The van der Waals surface area contributed by atoms with Crippen molar-refractivity contribution in [2.45, 2.75) is 106 Å².